The van der Waals surface area contributed by atoms with Crippen molar-refractivity contribution in [1.82, 2.24) is 0 Å². The third-order valence-corrected chi connectivity index (χ3v) is 2.61. The summed E-state index contributed by atoms with van der Waals surface area (Å²) in [6.07, 6.45) is -8.78. The van der Waals surface area contributed by atoms with Crippen molar-refractivity contribution >= 4 is 0 Å². The number of hydrogen-bond acceptors (Lipinski definition) is 3. The maximum atomic E-state index is 12.6. The zero-order valence-corrected chi connectivity index (χ0v) is 10.2. The molecule has 0 spiro atoms. The van der Waals surface area contributed by atoms with Gasteiger partial charge in [0.1, 0.15) is 5.75 Å². The molecule has 108 valence electrons. The summed E-state index contributed by atoms with van der Waals surface area (Å²) in [4.78, 5) is 0. The molecular weight excluding hydrogens is 266 g/mol. The average molecular weight is 281 g/mol. The van der Waals surface area contributed by atoms with Gasteiger partial charge in [-0.15, -0.1) is 0 Å². The van der Waals surface area contributed by atoms with E-state index in [1.165, 1.54) is 12.1 Å². The van der Waals surface area contributed by atoms with Gasteiger partial charge in [-0.05, 0) is 24.1 Å². The van der Waals surface area contributed by atoms with E-state index in [4.69, 9.17) is 5.73 Å². The molecule has 19 heavy (non-hydrogen) atoms. The van der Waals surface area contributed by atoms with Gasteiger partial charge in [-0.3, -0.25) is 0 Å². The van der Waals surface area contributed by atoms with Crippen molar-refractivity contribution in [2.24, 2.45) is 5.73 Å². The van der Waals surface area contributed by atoms with E-state index in [-0.39, 0.29) is 0 Å². The smallest absolute Gasteiger partial charge is 0.428 e. The minimum Gasteiger partial charge on any atom is -0.428 e. The molecule has 7 heteroatoms. The Morgan fingerprint density at radius 3 is 2.21 bits per heavy atom. The van der Waals surface area contributed by atoms with Crippen molar-refractivity contribution in [3.63, 3.8) is 0 Å². The van der Waals surface area contributed by atoms with Crippen LogP contribution in [0.3, 0.4) is 0 Å². The predicted octanol–water partition coefficient (Wildman–Crippen LogP) is 2.69. The molecule has 0 saturated heterocycles. The van der Waals surface area contributed by atoms with Crippen molar-refractivity contribution in [2.75, 3.05) is 0 Å². The third-order valence-electron chi connectivity index (χ3n) is 2.61. The molecule has 0 amide bonds. The van der Waals surface area contributed by atoms with Crippen LogP contribution in [0, 0.1) is 0 Å². The van der Waals surface area contributed by atoms with Gasteiger partial charge >= 0.3 is 12.5 Å². The molecule has 0 aliphatic rings. The second-order valence-corrected chi connectivity index (χ2v) is 4.03. The van der Waals surface area contributed by atoms with E-state index in [2.05, 4.69) is 4.74 Å². The summed E-state index contributed by atoms with van der Waals surface area (Å²) in [5.74, 6) is -0.396. The Morgan fingerprint density at radius 1 is 1.26 bits per heavy atom. The monoisotopic (exact) mass is 281 g/mol. The van der Waals surface area contributed by atoms with Crippen LogP contribution in [0.1, 0.15) is 24.9 Å². The molecule has 0 fully saturated rings. The van der Waals surface area contributed by atoms with Crippen LogP contribution in [-0.4, -0.2) is 23.7 Å². The normalized spacial score (nSPS) is 15.4. The van der Waals surface area contributed by atoms with Gasteiger partial charge in [0.25, 0.3) is 0 Å². The molecule has 0 aliphatic carbocycles. The van der Waals surface area contributed by atoms with Crippen LogP contribution in [0.5, 0.6) is 5.75 Å². The van der Waals surface area contributed by atoms with E-state index in [0.29, 0.717) is 12.0 Å². The van der Waals surface area contributed by atoms with Crippen molar-refractivity contribution in [3.05, 3.63) is 29.8 Å². The van der Waals surface area contributed by atoms with Gasteiger partial charge < -0.3 is 15.6 Å². The molecule has 0 saturated carbocycles. The first kappa shape index (κ1) is 15.7. The van der Waals surface area contributed by atoms with Crippen LogP contribution >= 0.6 is 0 Å². The number of rotatable bonds is 6. The number of nitrogens with two attached hydrogens (primary N) is 1. The van der Waals surface area contributed by atoms with Crippen LogP contribution < -0.4 is 10.5 Å². The highest BCUT2D eigenvalue weighted by atomic mass is 19.3. The summed E-state index contributed by atoms with van der Waals surface area (Å²) in [5.41, 5.74) is 6.22. The average Bonchev–Trinajstić information content (AvgIpc) is 2.37. The lowest BCUT2D eigenvalue weighted by Gasteiger charge is -2.19. The Morgan fingerprint density at radius 2 is 1.79 bits per heavy atom. The Bertz CT molecular complexity index is 397. The molecule has 0 unspecified atom stereocenters. The van der Waals surface area contributed by atoms with E-state index in [9.17, 15) is 22.7 Å². The first-order chi connectivity index (χ1) is 8.77. The van der Waals surface area contributed by atoms with Gasteiger partial charge in [0.2, 0.25) is 0 Å². The molecule has 0 aromatic heterocycles. The van der Waals surface area contributed by atoms with Crippen LogP contribution in [0.15, 0.2) is 24.3 Å². The van der Waals surface area contributed by atoms with Gasteiger partial charge in [-0.2, -0.15) is 17.6 Å². The van der Waals surface area contributed by atoms with Crippen molar-refractivity contribution in [1.29, 1.82) is 0 Å². The molecule has 0 aliphatic heterocycles. The fourth-order valence-electron chi connectivity index (χ4n) is 1.44. The molecule has 2 atom stereocenters. The van der Waals surface area contributed by atoms with Gasteiger partial charge in [-0.1, -0.05) is 19.1 Å². The molecule has 3 N–H and O–H groups in total. The fourth-order valence-corrected chi connectivity index (χ4v) is 1.44. The highest BCUT2D eigenvalue weighted by molar-refractivity contribution is 5.29. The SMILES string of the molecule is CC[C@H](O)[C@H](N)c1ccc(OC(F)(F)C(F)F)cc1. The Kier molecular flexibility index (Phi) is 5.13. The van der Waals surface area contributed by atoms with Gasteiger partial charge in [0.05, 0.1) is 12.1 Å². The minimum atomic E-state index is -4.54. The number of hydrogen-bond donors (Lipinski definition) is 2. The van der Waals surface area contributed by atoms with Crippen LogP contribution in [0.2, 0.25) is 0 Å². The summed E-state index contributed by atoms with van der Waals surface area (Å²) in [6, 6.07) is 4.23. The number of benzene rings is 1. The molecular formula is C12H15F4NO2. The summed E-state index contributed by atoms with van der Waals surface area (Å²) < 4.78 is 53.0. The van der Waals surface area contributed by atoms with Crippen molar-refractivity contribution < 1.29 is 27.4 Å². The predicted molar refractivity (Wildman–Crippen MR) is 61.2 cm³/mol. The number of aliphatic hydroxyl groups is 1. The minimum absolute atomic E-state index is 0.396. The van der Waals surface area contributed by atoms with Crippen LogP contribution in [0.4, 0.5) is 17.6 Å². The van der Waals surface area contributed by atoms with E-state index in [0.717, 1.165) is 12.1 Å². The Labute approximate surface area is 108 Å². The van der Waals surface area contributed by atoms with E-state index < -0.39 is 30.4 Å². The summed E-state index contributed by atoms with van der Waals surface area (Å²) in [5, 5.41) is 9.53. The first-order valence-electron chi connectivity index (χ1n) is 5.66. The van der Waals surface area contributed by atoms with E-state index in [1.807, 2.05) is 0 Å². The number of alkyl halides is 4. The number of halogens is 4. The number of aliphatic hydroxyl groups excluding tert-OH is 1. The highest BCUT2D eigenvalue weighted by Gasteiger charge is 2.43. The van der Waals surface area contributed by atoms with Crippen molar-refractivity contribution in [3.8, 4) is 5.75 Å². The molecule has 1 aromatic rings. The van der Waals surface area contributed by atoms with Crippen molar-refractivity contribution in [2.45, 2.75) is 38.0 Å². The fraction of sp³-hybridized carbons (Fsp3) is 0.500. The van der Waals surface area contributed by atoms with Crippen LogP contribution in [-0.2, 0) is 0 Å². The second kappa shape index (κ2) is 6.21. The Balaban J connectivity index is 2.77. The summed E-state index contributed by atoms with van der Waals surface area (Å²) >= 11 is 0. The third kappa shape index (κ3) is 4.07. The van der Waals surface area contributed by atoms with E-state index >= 15 is 0 Å². The molecule has 1 rings (SSSR count). The number of ether oxygens (including phenoxy) is 1. The lowest BCUT2D eigenvalue weighted by atomic mass is 10.0. The molecule has 1 aromatic carbocycles. The Hall–Kier alpha value is -1.34. The first-order valence-corrected chi connectivity index (χ1v) is 5.66. The zero-order chi connectivity index (χ0) is 14.6. The molecule has 0 radical (unpaired) electrons. The van der Waals surface area contributed by atoms with Gasteiger partial charge in [0.15, 0.2) is 0 Å². The van der Waals surface area contributed by atoms with Gasteiger partial charge in [-0.25, -0.2) is 0 Å². The van der Waals surface area contributed by atoms with E-state index in [1.54, 1.807) is 6.92 Å². The molecule has 3 nitrogen and oxygen atoms in total. The quantitative estimate of drug-likeness (QED) is 0.788. The lowest BCUT2D eigenvalue weighted by molar-refractivity contribution is -0.253. The lowest BCUT2D eigenvalue weighted by Crippen LogP contribution is -2.33. The van der Waals surface area contributed by atoms with Gasteiger partial charge in [0, 0.05) is 0 Å². The summed E-state index contributed by atoms with van der Waals surface area (Å²) in [6.45, 7) is 1.74. The van der Waals surface area contributed by atoms with Crippen LogP contribution in [0.25, 0.3) is 0 Å². The maximum absolute atomic E-state index is 12.6. The second-order valence-electron chi connectivity index (χ2n) is 4.03. The molecule has 0 bridgehead atoms. The zero-order valence-electron chi connectivity index (χ0n) is 10.2. The largest absolute Gasteiger partial charge is 0.461 e. The highest BCUT2D eigenvalue weighted by Crippen LogP contribution is 2.28. The topological polar surface area (TPSA) is 55.5 Å². The standard InChI is InChI=1S/C12H15F4NO2/c1-2-9(18)10(17)7-3-5-8(6-4-7)19-12(15,16)11(13)14/h3-6,9-11,18H,2,17H2,1H3/t9-,10+/m0/s1. The maximum Gasteiger partial charge on any atom is 0.461 e. The molecule has 0 heterocycles. The summed E-state index contributed by atoms with van der Waals surface area (Å²) in [7, 11) is 0.